The molecule has 1 aromatic heterocycles. The van der Waals surface area contributed by atoms with Crippen molar-refractivity contribution in [3.05, 3.63) is 60.7 Å². The van der Waals surface area contributed by atoms with Gasteiger partial charge >= 0.3 is 0 Å². The van der Waals surface area contributed by atoms with E-state index in [4.69, 9.17) is 0 Å². The van der Waals surface area contributed by atoms with E-state index in [1.54, 1.807) is 31.2 Å². The van der Waals surface area contributed by atoms with Gasteiger partial charge in [-0.25, -0.2) is 13.4 Å². The van der Waals surface area contributed by atoms with Gasteiger partial charge in [0, 0.05) is 10.9 Å². The van der Waals surface area contributed by atoms with Gasteiger partial charge in [-0.2, -0.15) is 0 Å². The van der Waals surface area contributed by atoms with Crippen LogP contribution in [0.1, 0.15) is 6.92 Å². The Labute approximate surface area is 124 Å². The van der Waals surface area contributed by atoms with Crippen LogP contribution in [-0.2, 0) is 9.84 Å². The van der Waals surface area contributed by atoms with Crippen LogP contribution in [0.25, 0.3) is 22.2 Å². The molecular weight excluding hydrogens is 282 g/mol. The van der Waals surface area contributed by atoms with Crippen molar-refractivity contribution in [3.8, 4) is 11.3 Å². The highest BCUT2D eigenvalue weighted by atomic mass is 32.2. The number of hydrogen-bond acceptors (Lipinski definition) is 3. The summed E-state index contributed by atoms with van der Waals surface area (Å²) in [4.78, 5) is 4.96. The molecule has 3 rings (SSSR count). The largest absolute Gasteiger partial charge is 0.248 e. The van der Waals surface area contributed by atoms with Crippen LogP contribution in [-0.4, -0.2) is 19.2 Å². The second kappa shape index (κ2) is 5.30. The molecule has 0 bridgehead atoms. The van der Waals surface area contributed by atoms with Crippen LogP contribution in [0.2, 0.25) is 0 Å². The summed E-state index contributed by atoms with van der Waals surface area (Å²) in [5, 5.41) is 1.09. The number of nitrogens with zero attached hydrogens (tertiary/aromatic N) is 1. The minimum atomic E-state index is -3.15. The standard InChI is InChI=1S/C17H15NO2S/c1-2-21(19,20)15-10-7-14(8-11-15)17-12-9-13-5-3-4-6-16(13)18-17/h3-12H,2H2,1H3. The first kappa shape index (κ1) is 13.8. The quantitative estimate of drug-likeness (QED) is 0.740. The second-order valence-corrected chi connectivity index (χ2v) is 7.10. The number of para-hydroxylation sites is 1. The molecule has 0 fully saturated rings. The van der Waals surface area contributed by atoms with Crippen LogP contribution >= 0.6 is 0 Å². The SMILES string of the molecule is CCS(=O)(=O)c1ccc(-c2ccc3ccccc3n2)cc1. The van der Waals surface area contributed by atoms with Crippen LogP contribution in [0.3, 0.4) is 0 Å². The van der Waals surface area contributed by atoms with Gasteiger partial charge in [-0.05, 0) is 24.3 Å². The third-order valence-corrected chi connectivity index (χ3v) is 5.24. The van der Waals surface area contributed by atoms with Crippen molar-refractivity contribution in [2.24, 2.45) is 0 Å². The van der Waals surface area contributed by atoms with E-state index in [0.29, 0.717) is 4.90 Å². The molecule has 0 radical (unpaired) electrons. The van der Waals surface area contributed by atoms with Crippen LogP contribution in [0.4, 0.5) is 0 Å². The molecule has 0 aliphatic heterocycles. The fourth-order valence-electron chi connectivity index (χ4n) is 2.23. The molecule has 2 aromatic carbocycles. The first-order valence-electron chi connectivity index (χ1n) is 6.79. The minimum absolute atomic E-state index is 0.112. The summed E-state index contributed by atoms with van der Waals surface area (Å²) in [7, 11) is -3.15. The highest BCUT2D eigenvalue weighted by molar-refractivity contribution is 7.91. The zero-order valence-electron chi connectivity index (χ0n) is 11.7. The number of pyridine rings is 1. The molecule has 0 saturated carbocycles. The Balaban J connectivity index is 2.03. The Morgan fingerprint density at radius 3 is 2.33 bits per heavy atom. The molecule has 3 nitrogen and oxygen atoms in total. The maximum atomic E-state index is 11.8. The average Bonchev–Trinajstić information content (AvgIpc) is 2.54. The Bertz CT molecular complexity index is 884. The molecule has 0 N–H and O–H groups in total. The summed E-state index contributed by atoms with van der Waals surface area (Å²) in [6.07, 6.45) is 0. The fraction of sp³-hybridized carbons (Fsp3) is 0.118. The first-order valence-corrected chi connectivity index (χ1v) is 8.44. The van der Waals surface area contributed by atoms with E-state index in [9.17, 15) is 8.42 Å². The smallest absolute Gasteiger partial charge is 0.178 e. The van der Waals surface area contributed by atoms with E-state index in [0.717, 1.165) is 22.2 Å². The highest BCUT2D eigenvalue weighted by Gasteiger charge is 2.11. The number of benzene rings is 2. The molecule has 0 saturated heterocycles. The minimum Gasteiger partial charge on any atom is -0.248 e. The monoisotopic (exact) mass is 297 g/mol. The Morgan fingerprint density at radius 2 is 1.62 bits per heavy atom. The Hall–Kier alpha value is -2.20. The molecule has 1 heterocycles. The van der Waals surface area contributed by atoms with Crippen molar-refractivity contribution >= 4 is 20.7 Å². The molecule has 0 unspecified atom stereocenters. The lowest BCUT2D eigenvalue weighted by atomic mass is 10.1. The lowest BCUT2D eigenvalue weighted by Crippen LogP contribution is -2.03. The summed E-state index contributed by atoms with van der Waals surface area (Å²) < 4.78 is 23.6. The van der Waals surface area contributed by atoms with Gasteiger partial charge in [0.2, 0.25) is 0 Å². The molecule has 0 aliphatic rings. The van der Waals surface area contributed by atoms with Crippen molar-refractivity contribution < 1.29 is 8.42 Å². The molecule has 0 aliphatic carbocycles. The normalized spacial score (nSPS) is 11.7. The predicted octanol–water partition coefficient (Wildman–Crippen LogP) is 3.70. The van der Waals surface area contributed by atoms with Gasteiger partial charge in [0.15, 0.2) is 9.84 Å². The molecule has 3 aromatic rings. The third kappa shape index (κ3) is 2.67. The van der Waals surface area contributed by atoms with Gasteiger partial charge < -0.3 is 0 Å². The van der Waals surface area contributed by atoms with Gasteiger partial charge in [-0.1, -0.05) is 43.3 Å². The van der Waals surface area contributed by atoms with Crippen LogP contribution in [0.5, 0.6) is 0 Å². The molecule has 106 valence electrons. The molecule has 0 amide bonds. The van der Waals surface area contributed by atoms with Gasteiger partial charge in [0.1, 0.15) is 0 Å². The van der Waals surface area contributed by atoms with Crippen molar-refractivity contribution in [1.29, 1.82) is 0 Å². The van der Waals surface area contributed by atoms with Gasteiger partial charge in [0.05, 0.1) is 21.9 Å². The summed E-state index contributed by atoms with van der Waals surface area (Å²) in [6, 6.07) is 18.8. The van der Waals surface area contributed by atoms with Crippen molar-refractivity contribution in [1.82, 2.24) is 4.98 Å². The number of hydrogen-bond donors (Lipinski definition) is 0. The number of aromatic nitrogens is 1. The van der Waals surface area contributed by atoms with Gasteiger partial charge in [0.25, 0.3) is 0 Å². The van der Waals surface area contributed by atoms with Crippen LogP contribution in [0.15, 0.2) is 65.6 Å². The Kier molecular flexibility index (Phi) is 3.47. The van der Waals surface area contributed by atoms with Gasteiger partial charge in [-0.3, -0.25) is 0 Å². The molecule has 0 spiro atoms. The lowest BCUT2D eigenvalue weighted by Gasteiger charge is -2.05. The van der Waals surface area contributed by atoms with Crippen LogP contribution in [0, 0.1) is 0 Å². The van der Waals surface area contributed by atoms with Crippen molar-refractivity contribution in [2.45, 2.75) is 11.8 Å². The van der Waals surface area contributed by atoms with E-state index >= 15 is 0 Å². The molecule has 21 heavy (non-hydrogen) atoms. The predicted molar refractivity (Wildman–Crippen MR) is 84.9 cm³/mol. The third-order valence-electron chi connectivity index (χ3n) is 3.49. The summed E-state index contributed by atoms with van der Waals surface area (Å²) in [5.41, 5.74) is 2.69. The maximum absolute atomic E-state index is 11.8. The summed E-state index contributed by atoms with van der Waals surface area (Å²) >= 11 is 0. The number of sulfone groups is 1. The topological polar surface area (TPSA) is 47.0 Å². The molecule has 0 atom stereocenters. The summed E-state index contributed by atoms with van der Waals surface area (Å²) in [6.45, 7) is 1.65. The first-order chi connectivity index (χ1) is 10.1. The fourth-order valence-corrected chi connectivity index (χ4v) is 3.11. The zero-order chi connectivity index (χ0) is 14.9. The highest BCUT2D eigenvalue weighted by Crippen LogP contribution is 2.22. The average molecular weight is 297 g/mol. The summed E-state index contributed by atoms with van der Waals surface area (Å²) in [5.74, 6) is 0.112. The maximum Gasteiger partial charge on any atom is 0.178 e. The second-order valence-electron chi connectivity index (χ2n) is 4.82. The van der Waals surface area contributed by atoms with E-state index in [-0.39, 0.29) is 5.75 Å². The van der Waals surface area contributed by atoms with E-state index in [2.05, 4.69) is 4.98 Å². The Morgan fingerprint density at radius 1 is 0.905 bits per heavy atom. The van der Waals surface area contributed by atoms with E-state index in [1.807, 2.05) is 36.4 Å². The molecular formula is C17H15NO2S. The number of fused-ring (bicyclic) bond motifs is 1. The van der Waals surface area contributed by atoms with Gasteiger partial charge in [-0.15, -0.1) is 0 Å². The zero-order valence-corrected chi connectivity index (χ0v) is 12.5. The van der Waals surface area contributed by atoms with Crippen molar-refractivity contribution in [3.63, 3.8) is 0 Å². The van der Waals surface area contributed by atoms with E-state index < -0.39 is 9.84 Å². The lowest BCUT2D eigenvalue weighted by molar-refractivity contribution is 0.597. The van der Waals surface area contributed by atoms with Crippen molar-refractivity contribution in [2.75, 3.05) is 5.75 Å². The van der Waals surface area contributed by atoms with Crippen LogP contribution < -0.4 is 0 Å². The van der Waals surface area contributed by atoms with E-state index in [1.165, 1.54) is 0 Å². The molecule has 4 heteroatoms. The number of rotatable bonds is 3.